The van der Waals surface area contributed by atoms with E-state index in [1.54, 1.807) is 6.92 Å². The van der Waals surface area contributed by atoms with E-state index in [0.717, 1.165) is 18.1 Å². The van der Waals surface area contributed by atoms with E-state index in [-0.39, 0.29) is 36.7 Å². The number of rotatable bonds is 7. The van der Waals surface area contributed by atoms with E-state index in [9.17, 15) is 19.2 Å². The maximum atomic E-state index is 13.8. The Morgan fingerprint density at radius 1 is 1.10 bits per heavy atom. The average Bonchev–Trinajstić information content (AvgIpc) is 2.97. The van der Waals surface area contributed by atoms with Crippen LogP contribution >= 0.6 is 0 Å². The molecular formula is C22H34O7Si. The van der Waals surface area contributed by atoms with Crippen molar-refractivity contribution in [3.8, 4) is 0 Å². The Hall–Kier alpha value is -1.54. The number of methoxy groups -OCH3 is 1. The fourth-order valence-corrected chi connectivity index (χ4v) is 9.14. The Labute approximate surface area is 179 Å². The molecule has 0 bridgehead atoms. The molecule has 7 nitrogen and oxygen atoms in total. The van der Waals surface area contributed by atoms with Gasteiger partial charge in [0.25, 0.3) is 0 Å². The minimum absolute atomic E-state index is 0.0738. The number of ether oxygens (including phenoxy) is 2. The van der Waals surface area contributed by atoms with Gasteiger partial charge in [0.2, 0.25) is 0 Å². The summed E-state index contributed by atoms with van der Waals surface area (Å²) in [5, 5.41) is 0. The minimum Gasteiger partial charge on any atom is -0.469 e. The molecule has 30 heavy (non-hydrogen) atoms. The summed E-state index contributed by atoms with van der Waals surface area (Å²) in [5.74, 6) is -2.34. The normalized spacial score (nSPS) is 38.3. The van der Waals surface area contributed by atoms with Gasteiger partial charge in [-0.25, -0.2) is 0 Å². The lowest BCUT2D eigenvalue weighted by Crippen LogP contribution is -2.65. The van der Waals surface area contributed by atoms with Gasteiger partial charge in [0, 0.05) is 24.7 Å². The van der Waals surface area contributed by atoms with Gasteiger partial charge in [0.05, 0.1) is 18.9 Å². The van der Waals surface area contributed by atoms with Crippen LogP contribution in [0.5, 0.6) is 0 Å². The van der Waals surface area contributed by atoms with Crippen molar-refractivity contribution >= 4 is 31.8 Å². The highest BCUT2D eigenvalue weighted by molar-refractivity contribution is 6.73. The molecule has 1 aliphatic heterocycles. The van der Waals surface area contributed by atoms with Crippen molar-refractivity contribution in [2.45, 2.75) is 84.2 Å². The first-order valence-electron chi connectivity index (χ1n) is 11.0. The SMILES string of the molecule is CC[Si](CC)(CC)OC1C(=O)[C@H](CC(=O)OC)[C@@]2(C)CC(=O)C[C@@]3(C)C(=O)O[C@@H]1[C@H]23. The summed E-state index contributed by atoms with van der Waals surface area (Å²) >= 11 is 0. The van der Waals surface area contributed by atoms with E-state index in [0.29, 0.717) is 0 Å². The molecule has 1 saturated heterocycles. The van der Waals surface area contributed by atoms with Gasteiger partial charge in [-0.3, -0.25) is 19.2 Å². The van der Waals surface area contributed by atoms with Gasteiger partial charge < -0.3 is 13.9 Å². The molecule has 168 valence electrons. The lowest BCUT2D eigenvalue weighted by molar-refractivity contribution is -0.173. The van der Waals surface area contributed by atoms with Gasteiger partial charge in [-0.15, -0.1) is 0 Å². The van der Waals surface area contributed by atoms with Crippen LogP contribution in [0.2, 0.25) is 18.1 Å². The molecule has 0 aromatic rings. The molecule has 3 aliphatic rings. The number of carbonyl (C=O) groups excluding carboxylic acids is 4. The predicted octanol–water partition coefficient (Wildman–Crippen LogP) is 3.06. The number of esters is 2. The first-order chi connectivity index (χ1) is 14.0. The highest BCUT2D eigenvalue weighted by Gasteiger charge is 2.72. The largest absolute Gasteiger partial charge is 0.469 e. The number of Topliss-reactive ketones (excluding diaryl/α,β-unsaturated/α-hetero) is 2. The van der Waals surface area contributed by atoms with Gasteiger partial charge >= 0.3 is 11.9 Å². The molecule has 0 aromatic carbocycles. The second-order valence-corrected chi connectivity index (χ2v) is 14.4. The van der Waals surface area contributed by atoms with Crippen LogP contribution in [0.4, 0.5) is 0 Å². The Morgan fingerprint density at radius 2 is 1.70 bits per heavy atom. The van der Waals surface area contributed by atoms with E-state index >= 15 is 0 Å². The fraction of sp³-hybridized carbons (Fsp3) is 0.818. The summed E-state index contributed by atoms with van der Waals surface area (Å²) in [7, 11) is -0.912. The third-order valence-electron chi connectivity index (χ3n) is 8.20. The van der Waals surface area contributed by atoms with Crippen LogP contribution < -0.4 is 0 Å². The van der Waals surface area contributed by atoms with Crippen molar-refractivity contribution in [1.82, 2.24) is 0 Å². The average molecular weight is 439 g/mol. The summed E-state index contributed by atoms with van der Waals surface area (Å²) in [5.41, 5.74) is -1.85. The molecule has 0 radical (unpaired) electrons. The van der Waals surface area contributed by atoms with Gasteiger partial charge in [0.15, 0.2) is 14.1 Å². The minimum atomic E-state index is -2.20. The van der Waals surface area contributed by atoms with Crippen LogP contribution in [0.3, 0.4) is 0 Å². The lowest BCUT2D eigenvalue weighted by atomic mass is 9.46. The van der Waals surface area contributed by atoms with Crippen molar-refractivity contribution < 1.29 is 33.1 Å². The molecule has 6 atom stereocenters. The third-order valence-corrected chi connectivity index (χ3v) is 12.8. The highest BCUT2D eigenvalue weighted by Crippen LogP contribution is 2.63. The van der Waals surface area contributed by atoms with Gasteiger partial charge in [-0.05, 0) is 30.5 Å². The summed E-state index contributed by atoms with van der Waals surface area (Å²) in [4.78, 5) is 51.6. The first kappa shape index (κ1) is 23.1. The van der Waals surface area contributed by atoms with E-state index in [1.807, 2.05) is 6.92 Å². The zero-order valence-corrected chi connectivity index (χ0v) is 19.9. The zero-order chi connectivity index (χ0) is 22.5. The van der Waals surface area contributed by atoms with Gasteiger partial charge in [-0.2, -0.15) is 0 Å². The molecular weight excluding hydrogens is 404 g/mol. The molecule has 3 rings (SSSR count). The van der Waals surface area contributed by atoms with Gasteiger partial charge in [0.1, 0.15) is 18.0 Å². The summed E-state index contributed by atoms with van der Waals surface area (Å²) in [6.45, 7) is 9.85. The van der Waals surface area contributed by atoms with Crippen molar-refractivity contribution in [2.24, 2.45) is 22.7 Å². The molecule has 1 heterocycles. The fourth-order valence-electron chi connectivity index (χ4n) is 6.35. The second kappa shape index (κ2) is 7.86. The van der Waals surface area contributed by atoms with Crippen molar-refractivity contribution in [1.29, 1.82) is 0 Å². The summed E-state index contributed by atoms with van der Waals surface area (Å²) in [6, 6.07) is 2.55. The number of ketones is 2. The van der Waals surface area contributed by atoms with E-state index in [4.69, 9.17) is 13.9 Å². The van der Waals surface area contributed by atoms with Crippen LogP contribution in [0.25, 0.3) is 0 Å². The molecule has 2 saturated carbocycles. The van der Waals surface area contributed by atoms with Crippen molar-refractivity contribution in [3.05, 3.63) is 0 Å². The monoisotopic (exact) mass is 438 g/mol. The highest BCUT2D eigenvalue weighted by atomic mass is 28.4. The Balaban J connectivity index is 2.12. The zero-order valence-electron chi connectivity index (χ0n) is 18.9. The third kappa shape index (κ3) is 3.27. The Kier molecular flexibility index (Phi) is 6.06. The molecule has 0 spiro atoms. The number of hydrogen-bond donors (Lipinski definition) is 0. The standard InChI is InChI=1S/C22H34O7Si/c1-7-30(8-2,9-3)29-17-16(25)14(10-15(24)27-6)21(4)11-13(23)12-22(5)19(21)18(17)28-20(22)26/h14,17-19H,7-12H2,1-6H3/t14-,17?,18-,19+,21+,22+/m0/s1. The van der Waals surface area contributed by atoms with Crippen LogP contribution in [0.15, 0.2) is 0 Å². The number of carbonyl (C=O) groups is 4. The molecule has 8 heteroatoms. The van der Waals surface area contributed by atoms with Crippen LogP contribution in [0, 0.1) is 22.7 Å². The van der Waals surface area contributed by atoms with Crippen LogP contribution in [-0.2, 0) is 33.1 Å². The van der Waals surface area contributed by atoms with Gasteiger partial charge in [-0.1, -0.05) is 27.7 Å². The molecule has 1 unspecified atom stereocenters. The molecule has 2 aliphatic carbocycles. The Morgan fingerprint density at radius 3 is 2.23 bits per heavy atom. The second-order valence-electron chi connectivity index (χ2n) is 9.68. The summed E-state index contributed by atoms with van der Waals surface area (Å²) < 4.78 is 17.3. The van der Waals surface area contributed by atoms with E-state index in [1.165, 1.54) is 7.11 Å². The first-order valence-corrected chi connectivity index (χ1v) is 13.6. The molecule has 0 amide bonds. The maximum Gasteiger partial charge on any atom is 0.313 e. The topological polar surface area (TPSA) is 96.0 Å². The number of hydrogen-bond acceptors (Lipinski definition) is 7. The quantitative estimate of drug-likeness (QED) is 0.445. The smallest absolute Gasteiger partial charge is 0.313 e. The van der Waals surface area contributed by atoms with Crippen LogP contribution in [0.1, 0.15) is 53.9 Å². The van der Waals surface area contributed by atoms with E-state index < -0.39 is 49.2 Å². The molecule has 0 aromatic heterocycles. The molecule has 3 fully saturated rings. The van der Waals surface area contributed by atoms with Crippen molar-refractivity contribution in [3.63, 3.8) is 0 Å². The van der Waals surface area contributed by atoms with E-state index in [2.05, 4.69) is 20.8 Å². The summed E-state index contributed by atoms with van der Waals surface area (Å²) in [6.07, 6.45) is -1.46. The maximum absolute atomic E-state index is 13.8. The lowest BCUT2D eigenvalue weighted by Gasteiger charge is -2.55. The Bertz CT molecular complexity index is 752. The van der Waals surface area contributed by atoms with Crippen molar-refractivity contribution in [2.75, 3.05) is 7.11 Å². The predicted molar refractivity (Wildman–Crippen MR) is 111 cm³/mol. The van der Waals surface area contributed by atoms with Crippen LogP contribution in [-0.4, -0.2) is 51.1 Å². The molecule has 0 N–H and O–H groups in total.